The molecule has 0 aromatic rings. The summed E-state index contributed by atoms with van der Waals surface area (Å²) in [5, 5.41) is 49.1. The molecule has 1 rings (SSSR count). The third-order valence-corrected chi connectivity index (χ3v) is 2.28. The lowest BCUT2D eigenvalue weighted by Crippen LogP contribution is -2.62. The molecule has 0 aromatic carbocycles. The van der Waals surface area contributed by atoms with E-state index < -0.39 is 36.6 Å². The van der Waals surface area contributed by atoms with E-state index in [9.17, 15) is 20.4 Å². The van der Waals surface area contributed by atoms with Crippen LogP contribution in [-0.2, 0) is 0 Å². The average molecular weight is 205 g/mol. The van der Waals surface area contributed by atoms with E-state index in [2.05, 4.69) is 10.0 Å². The van der Waals surface area contributed by atoms with Gasteiger partial charge in [-0.05, 0) is 5.53 Å². The highest BCUT2D eigenvalue weighted by molar-refractivity contribution is 5.02. The van der Waals surface area contributed by atoms with Gasteiger partial charge in [0.15, 0.2) is 0 Å². The normalized spacial score (nSPS) is 48.4. The van der Waals surface area contributed by atoms with Crippen molar-refractivity contribution in [3.63, 3.8) is 0 Å². The Bertz CT molecular complexity index is 240. The maximum Gasteiger partial charge on any atom is 0.111 e. The van der Waals surface area contributed by atoms with E-state index in [0.717, 1.165) is 0 Å². The molecule has 6 atom stereocenters. The Kier molecular flexibility index (Phi) is 3.27. The Morgan fingerprint density at radius 3 is 1.50 bits per heavy atom. The minimum absolute atomic E-state index is 1.37. The molecule has 0 spiro atoms. The lowest BCUT2D eigenvalue weighted by molar-refractivity contribution is -0.184. The highest BCUT2D eigenvalue weighted by Crippen LogP contribution is 2.23. The fraction of sp³-hybridized carbons (Fsp3) is 1.00. The van der Waals surface area contributed by atoms with Gasteiger partial charge in [-0.3, -0.25) is 0 Å². The first-order valence-corrected chi connectivity index (χ1v) is 3.95. The lowest BCUT2D eigenvalue weighted by Gasteiger charge is -2.39. The molecule has 5 N–H and O–H groups in total. The Morgan fingerprint density at radius 1 is 0.786 bits per heavy atom. The van der Waals surface area contributed by atoms with Gasteiger partial charge in [0.05, 0.1) is 18.2 Å². The van der Waals surface area contributed by atoms with Crippen LogP contribution in [0.15, 0.2) is 5.11 Å². The standard InChI is InChI=1S/C6H11N3O5/c7-9-8-1-2(10)4(12)6(14)5(13)3(1)11/h1-6,10-14H/t1?,2-,3-,4-,5+,6?/m1/s1. The molecule has 80 valence electrons. The minimum Gasteiger partial charge on any atom is -0.390 e. The molecular weight excluding hydrogens is 194 g/mol. The van der Waals surface area contributed by atoms with Gasteiger partial charge in [0.25, 0.3) is 0 Å². The Balaban J connectivity index is 2.91. The average Bonchev–Trinajstić information content (AvgIpc) is 2.19. The van der Waals surface area contributed by atoms with Gasteiger partial charge in [0, 0.05) is 4.91 Å². The van der Waals surface area contributed by atoms with Crippen LogP contribution < -0.4 is 0 Å². The number of azide groups is 1. The summed E-state index contributed by atoms with van der Waals surface area (Å²) >= 11 is 0. The largest absolute Gasteiger partial charge is 0.390 e. The Morgan fingerprint density at radius 2 is 1.14 bits per heavy atom. The summed E-state index contributed by atoms with van der Waals surface area (Å²) in [5.74, 6) is 0. The van der Waals surface area contributed by atoms with Crippen LogP contribution in [0.2, 0.25) is 0 Å². The van der Waals surface area contributed by atoms with Crippen molar-refractivity contribution < 1.29 is 25.5 Å². The van der Waals surface area contributed by atoms with Gasteiger partial charge in [-0.25, -0.2) is 0 Å². The number of rotatable bonds is 1. The summed E-state index contributed by atoms with van der Waals surface area (Å²) in [7, 11) is 0. The zero-order valence-corrected chi connectivity index (χ0v) is 7.04. The summed E-state index contributed by atoms with van der Waals surface area (Å²) in [5.41, 5.74) is 8.10. The molecule has 0 aromatic heterocycles. The molecular formula is C6H11N3O5. The highest BCUT2D eigenvalue weighted by Gasteiger charge is 2.47. The van der Waals surface area contributed by atoms with Crippen LogP contribution in [0.25, 0.3) is 10.4 Å². The fourth-order valence-corrected chi connectivity index (χ4v) is 1.41. The molecule has 2 unspecified atom stereocenters. The second-order valence-electron chi connectivity index (χ2n) is 3.15. The summed E-state index contributed by atoms with van der Waals surface area (Å²) in [6.45, 7) is 0. The van der Waals surface area contributed by atoms with Crippen molar-refractivity contribution in [2.45, 2.75) is 36.6 Å². The van der Waals surface area contributed by atoms with Crippen LogP contribution in [-0.4, -0.2) is 62.1 Å². The Labute approximate surface area is 78.7 Å². The molecule has 0 saturated heterocycles. The minimum atomic E-state index is -1.66. The van der Waals surface area contributed by atoms with Crippen LogP contribution in [0.3, 0.4) is 0 Å². The van der Waals surface area contributed by atoms with E-state index in [1.165, 1.54) is 0 Å². The smallest absolute Gasteiger partial charge is 0.111 e. The topological polar surface area (TPSA) is 150 Å². The molecule has 14 heavy (non-hydrogen) atoms. The van der Waals surface area contributed by atoms with Gasteiger partial charge in [0.2, 0.25) is 0 Å². The van der Waals surface area contributed by atoms with E-state index in [4.69, 9.17) is 10.6 Å². The molecule has 0 bridgehead atoms. The van der Waals surface area contributed by atoms with Gasteiger partial charge in [-0.1, -0.05) is 5.11 Å². The lowest BCUT2D eigenvalue weighted by atomic mass is 9.84. The third-order valence-electron chi connectivity index (χ3n) is 2.28. The van der Waals surface area contributed by atoms with Gasteiger partial charge in [-0.15, -0.1) is 0 Å². The molecule has 0 radical (unpaired) electrons. The van der Waals surface area contributed by atoms with Crippen LogP contribution in [0.1, 0.15) is 0 Å². The third kappa shape index (κ3) is 1.67. The van der Waals surface area contributed by atoms with Gasteiger partial charge in [0.1, 0.15) is 18.3 Å². The number of aliphatic hydroxyl groups is 5. The van der Waals surface area contributed by atoms with E-state index in [1.54, 1.807) is 0 Å². The van der Waals surface area contributed by atoms with Crippen molar-refractivity contribution in [3.8, 4) is 0 Å². The fourth-order valence-electron chi connectivity index (χ4n) is 1.41. The van der Waals surface area contributed by atoms with Crippen molar-refractivity contribution in [2.24, 2.45) is 5.11 Å². The number of nitrogens with zero attached hydrogens (tertiary/aromatic N) is 3. The first-order valence-electron chi connectivity index (χ1n) is 3.95. The maximum absolute atomic E-state index is 9.28. The SMILES string of the molecule is [N-]=[N+]=NC1[C@@H](O)[C@H](O)C(O)[C@H](O)[C@@H]1O. The molecule has 1 fully saturated rings. The van der Waals surface area contributed by atoms with Crippen molar-refractivity contribution in [1.82, 2.24) is 0 Å². The van der Waals surface area contributed by atoms with Crippen LogP contribution in [0.5, 0.6) is 0 Å². The molecule has 0 amide bonds. The molecule has 8 nitrogen and oxygen atoms in total. The molecule has 1 saturated carbocycles. The maximum atomic E-state index is 9.28. The summed E-state index contributed by atoms with van der Waals surface area (Å²) in [6.07, 6.45) is -8.16. The zero-order valence-electron chi connectivity index (χ0n) is 7.04. The van der Waals surface area contributed by atoms with Gasteiger partial charge in [-0.2, -0.15) is 0 Å². The highest BCUT2D eigenvalue weighted by atomic mass is 16.4. The molecule has 1 aliphatic carbocycles. The zero-order chi connectivity index (χ0) is 10.9. The number of hydrogen-bond donors (Lipinski definition) is 5. The van der Waals surface area contributed by atoms with E-state index in [1.807, 2.05) is 0 Å². The second kappa shape index (κ2) is 4.09. The first-order chi connectivity index (χ1) is 6.50. The summed E-state index contributed by atoms with van der Waals surface area (Å²) in [4.78, 5) is 2.36. The van der Waals surface area contributed by atoms with Crippen LogP contribution in [0.4, 0.5) is 0 Å². The van der Waals surface area contributed by atoms with E-state index in [-0.39, 0.29) is 0 Å². The summed E-state index contributed by atoms with van der Waals surface area (Å²) in [6, 6.07) is -1.37. The second-order valence-corrected chi connectivity index (χ2v) is 3.15. The first kappa shape index (κ1) is 11.2. The predicted molar refractivity (Wildman–Crippen MR) is 43.0 cm³/mol. The van der Waals surface area contributed by atoms with Crippen molar-refractivity contribution in [1.29, 1.82) is 0 Å². The van der Waals surface area contributed by atoms with Crippen LogP contribution in [0, 0.1) is 0 Å². The summed E-state index contributed by atoms with van der Waals surface area (Å²) < 4.78 is 0. The van der Waals surface area contributed by atoms with Crippen molar-refractivity contribution >= 4 is 0 Å². The monoisotopic (exact) mass is 205 g/mol. The predicted octanol–water partition coefficient (Wildman–Crippen LogP) is -2.52. The number of hydrogen-bond acceptors (Lipinski definition) is 6. The van der Waals surface area contributed by atoms with Gasteiger partial charge >= 0.3 is 0 Å². The number of aliphatic hydroxyl groups excluding tert-OH is 5. The van der Waals surface area contributed by atoms with Crippen molar-refractivity contribution in [2.75, 3.05) is 0 Å². The Hall–Kier alpha value is -0.890. The van der Waals surface area contributed by atoms with Crippen LogP contribution >= 0.6 is 0 Å². The molecule has 0 heterocycles. The molecule has 0 aliphatic heterocycles. The van der Waals surface area contributed by atoms with Crippen molar-refractivity contribution in [3.05, 3.63) is 10.4 Å². The van der Waals surface area contributed by atoms with E-state index in [0.29, 0.717) is 0 Å². The van der Waals surface area contributed by atoms with E-state index >= 15 is 0 Å². The molecule has 8 heteroatoms. The van der Waals surface area contributed by atoms with Gasteiger partial charge < -0.3 is 25.5 Å². The quantitative estimate of drug-likeness (QED) is 0.182. The molecule has 1 aliphatic rings.